The summed E-state index contributed by atoms with van der Waals surface area (Å²) in [6.07, 6.45) is 1.99. The molecule has 0 spiro atoms. The van der Waals surface area contributed by atoms with E-state index >= 15 is 0 Å². The average molecular weight is 260 g/mol. The number of aryl methyl sites for hydroxylation is 1. The topological polar surface area (TPSA) is 42.7 Å². The second-order valence-electron chi connectivity index (χ2n) is 6.15. The molecule has 3 rings (SSSR count). The van der Waals surface area contributed by atoms with Crippen LogP contribution < -0.4 is 4.74 Å². The molecule has 3 heterocycles. The quantitative estimate of drug-likeness (QED) is 0.827. The zero-order chi connectivity index (χ0) is 13.6. The third-order valence-electron chi connectivity index (χ3n) is 3.54. The Kier molecular flexibility index (Phi) is 2.74. The molecule has 0 radical (unpaired) electrons. The molecule has 102 valence electrons. The molecule has 1 saturated heterocycles. The number of ether oxygens (including phenoxy) is 1. The minimum absolute atomic E-state index is 0.217. The Bertz CT molecular complexity index is 593. The molecular weight excluding hydrogens is 240 g/mol. The smallest absolute Gasteiger partial charge is 0.218 e. The number of hydrogen-bond acceptors (Lipinski definition) is 4. The molecule has 5 heteroatoms. The largest absolute Gasteiger partial charge is 0.471 e. The molecule has 0 aromatic carbocycles. The maximum atomic E-state index is 6.05. The molecule has 0 bridgehead atoms. The maximum absolute atomic E-state index is 6.05. The predicted molar refractivity (Wildman–Crippen MR) is 73.5 cm³/mol. The maximum Gasteiger partial charge on any atom is 0.218 e. The SMILES string of the molecule is Cc1cc(OC2CN(C(C)(C)C)C2)n2nccc2n1. The van der Waals surface area contributed by atoms with Crippen molar-refractivity contribution in [1.29, 1.82) is 0 Å². The van der Waals surface area contributed by atoms with Gasteiger partial charge in [0.2, 0.25) is 5.88 Å². The Morgan fingerprint density at radius 2 is 2.05 bits per heavy atom. The van der Waals surface area contributed by atoms with Gasteiger partial charge in [0.25, 0.3) is 0 Å². The average Bonchev–Trinajstić information content (AvgIpc) is 2.68. The lowest BCUT2D eigenvalue weighted by molar-refractivity contribution is -0.0377. The fourth-order valence-electron chi connectivity index (χ4n) is 2.32. The second-order valence-corrected chi connectivity index (χ2v) is 6.15. The summed E-state index contributed by atoms with van der Waals surface area (Å²) in [6.45, 7) is 10.6. The van der Waals surface area contributed by atoms with Gasteiger partial charge in [-0.05, 0) is 27.7 Å². The van der Waals surface area contributed by atoms with E-state index in [0.29, 0.717) is 0 Å². The highest BCUT2D eigenvalue weighted by molar-refractivity contribution is 5.40. The highest BCUT2D eigenvalue weighted by atomic mass is 16.5. The Balaban J connectivity index is 1.75. The van der Waals surface area contributed by atoms with Crippen molar-refractivity contribution in [1.82, 2.24) is 19.5 Å². The van der Waals surface area contributed by atoms with E-state index in [9.17, 15) is 0 Å². The zero-order valence-electron chi connectivity index (χ0n) is 11.9. The molecule has 2 aromatic heterocycles. The molecular formula is C14H20N4O. The van der Waals surface area contributed by atoms with Crippen molar-refractivity contribution in [2.75, 3.05) is 13.1 Å². The molecule has 1 aliphatic heterocycles. The Morgan fingerprint density at radius 1 is 1.32 bits per heavy atom. The van der Waals surface area contributed by atoms with Crippen LogP contribution in [0.1, 0.15) is 26.5 Å². The van der Waals surface area contributed by atoms with Gasteiger partial charge in [-0.1, -0.05) is 0 Å². The van der Waals surface area contributed by atoms with Gasteiger partial charge in [-0.25, -0.2) is 4.98 Å². The van der Waals surface area contributed by atoms with Crippen LogP contribution in [0, 0.1) is 6.92 Å². The van der Waals surface area contributed by atoms with Crippen molar-refractivity contribution in [2.45, 2.75) is 39.3 Å². The lowest BCUT2D eigenvalue weighted by atomic mass is 9.99. The van der Waals surface area contributed by atoms with Crippen molar-refractivity contribution in [2.24, 2.45) is 0 Å². The van der Waals surface area contributed by atoms with Crippen LogP contribution in [0.4, 0.5) is 0 Å². The molecule has 19 heavy (non-hydrogen) atoms. The van der Waals surface area contributed by atoms with E-state index in [1.807, 2.05) is 19.1 Å². The summed E-state index contributed by atoms with van der Waals surface area (Å²) in [5.41, 5.74) is 2.01. The predicted octanol–water partition coefficient (Wildman–Crippen LogP) is 1.90. The molecule has 0 aliphatic carbocycles. The minimum atomic E-state index is 0.217. The first-order valence-corrected chi connectivity index (χ1v) is 6.66. The first-order chi connectivity index (χ1) is 8.93. The summed E-state index contributed by atoms with van der Waals surface area (Å²) in [6, 6.07) is 3.84. The van der Waals surface area contributed by atoms with Crippen molar-refractivity contribution < 1.29 is 4.74 Å². The number of rotatable bonds is 2. The normalized spacial score (nSPS) is 17.7. The van der Waals surface area contributed by atoms with Gasteiger partial charge in [-0.15, -0.1) is 0 Å². The molecule has 0 N–H and O–H groups in total. The van der Waals surface area contributed by atoms with Crippen LogP contribution in [0.15, 0.2) is 18.3 Å². The van der Waals surface area contributed by atoms with Crippen LogP contribution >= 0.6 is 0 Å². The summed E-state index contributed by atoms with van der Waals surface area (Å²) < 4.78 is 7.80. The van der Waals surface area contributed by atoms with Crippen LogP contribution in [0.25, 0.3) is 5.65 Å². The van der Waals surface area contributed by atoms with Gasteiger partial charge in [0.15, 0.2) is 5.65 Å². The van der Waals surface area contributed by atoms with E-state index in [4.69, 9.17) is 4.74 Å². The van der Waals surface area contributed by atoms with Gasteiger partial charge >= 0.3 is 0 Å². The van der Waals surface area contributed by atoms with Gasteiger partial charge < -0.3 is 4.74 Å². The number of hydrogen-bond donors (Lipinski definition) is 0. The van der Waals surface area contributed by atoms with E-state index in [-0.39, 0.29) is 11.6 Å². The number of nitrogens with zero attached hydrogens (tertiary/aromatic N) is 4. The molecule has 1 aliphatic rings. The number of fused-ring (bicyclic) bond motifs is 1. The van der Waals surface area contributed by atoms with Gasteiger partial charge in [0, 0.05) is 36.5 Å². The Hall–Kier alpha value is -1.62. The van der Waals surface area contributed by atoms with Gasteiger partial charge in [0.05, 0.1) is 6.20 Å². The third-order valence-corrected chi connectivity index (χ3v) is 3.54. The van der Waals surface area contributed by atoms with E-state index in [0.717, 1.165) is 30.3 Å². The highest BCUT2D eigenvalue weighted by Gasteiger charge is 2.36. The summed E-state index contributed by atoms with van der Waals surface area (Å²) in [7, 11) is 0. The molecule has 5 nitrogen and oxygen atoms in total. The molecule has 0 amide bonds. The van der Waals surface area contributed by atoms with Crippen LogP contribution in [-0.4, -0.2) is 44.2 Å². The van der Waals surface area contributed by atoms with Crippen LogP contribution in [0.2, 0.25) is 0 Å². The minimum Gasteiger partial charge on any atom is -0.471 e. The zero-order valence-corrected chi connectivity index (χ0v) is 11.9. The van der Waals surface area contributed by atoms with E-state index in [1.165, 1.54) is 0 Å². The third kappa shape index (κ3) is 2.30. The first kappa shape index (κ1) is 12.4. The summed E-state index contributed by atoms with van der Waals surface area (Å²) >= 11 is 0. The highest BCUT2D eigenvalue weighted by Crippen LogP contribution is 2.25. The summed E-state index contributed by atoms with van der Waals surface area (Å²) in [5, 5.41) is 4.25. The van der Waals surface area contributed by atoms with E-state index in [2.05, 4.69) is 35.8 Å². The van der Waals surface area contributed by atoms with E-state index in [1.54, 1.807) is 10.7 Å². The van der Waals surface area contributed by atoms with Crippen LogP contribution in [0.3, 0.4) is 0 Å². The van der Waals surface area contributed by atoms with Crippen molar-refractivity contribution in [3.63, 3.8) is 0 Å². The van der Waals surface area contributed by atoms with Gasteiger partial charge in [0.1, 0.15) is 6.10 Å². The lowest BCUT2D eigenvalue weighted by Gasteiger charge is -2.47. The van der Waals surface area contributed by atoms with Crippen LogP contribution in [-0.2, 0) is 0 Å². The molecule has 2 aromatic rings. The van der Waals surface area contributed by atoms with Crippen molar-refractivity contribution in [3.8, 4) is 5.88 Å². The molecule has 0 saturated carbocycles. The fraction of sp³-hybridized carbons (Fsp3) is 0.571. The van der Waals surface area contributed by atoms with Crippen molar-refractivity contribution >= 4 is 5.65 Å². The fourth-order valence-corrected chi connectivity index (χ4v) is 2.32. The number of aromatic nitrogens is 3. The standard InChI is InChI=1S/C14H20N4O/c1-10-7-13(18-12(16-10)5-6-15-18)19-11-8-17(9-11)14(2,3)4/h5-7,11H,8-9H2,1-4H3. The molecule has 0 unspecified atom stereocenters. The molecule has 1 fully saturated rings. The Labute approximate surface area is 113 Å². The monoisotopic (exact) mass is 260 g/mol. The lowest BCUT2D eigenvalue weighted by Crippen LogP contribution is -2.60. The molecule has 0 atom stereocenters. The first-order valence-electron chi connectivity index (χ1n) is 6.66. The second kappa shape index (κ2) is 4.20. The van der Waals surface area contributed by atoms with Gasteiger partial charge in [-0.2, -0.15) is 9.61 Å². The summed E-state index contributed by atoms with van der Waals surface area (Å²) in [5.74, 6) is 0.783. The van der Waals surface area contributed by atoms with Crippen molar-refractivity contribution in [3.05, 3.63) is 24.0 Å². The summed E-state index contributed by atoms with van der Waals surface area (Å²) in [4.78, 5) is 6.82. The van der Waals surface area contributed by atoms with Gasteiger partial charge in [-0.3, -0.25) is 4.90 Å². The Morgan fingerprint density at radius 3 is 2.74 bits per heavy atom. The van der Waals surface area contributed by atoms with E-state index < -0.39 is 0 Å². The number of likely N-dealkylation sites (tertiary alicyclic amines) is 1. The van der Waals surface area contributed by atoms with Crippen LogP contribution in [0.5, 0.6) is 5.88 Å².